The largest absolute Gasteiger partial charge is 0.427 e. The molecule has 1 heterocycles. The summed E-state index contributed by atoms with van der Waals surface area (Å²) in [6.07, 6.45) is -4.28. The van der Waals surface area contributed by atoms with Gasteiger partial charge < -0.3 is 9.47 Å². The van der Waals surface area contributed by atoms with E-state index in [0.717, 1.165) is 37.3 Å². The van der Waals surface area contributed by atoms with Gasteiger partial charge in [0.2, 0.25) is 0 Å². The van der Waals surface area contributed by atoms with Gasteiger partial charge in [0.15, 0.2) is 0 Å². The maximum absolute atomic E-state index is 12.6. The lowest BCUT2D eigenvalue weighted by Crippen LogP contribution is -2.53. The fourth-order valence-corrected chi connectivity index (χ4v) is 2.96. The molecule has 121 valence electrons. The van der Waals surface area contributed by atoms with Crippen molar-refractivity contribution in [3.8, 4) is 0 Å². The Morgan fingerprint density at radius 2 is 1.86 bits per heavy atom. The van der Waals surface area contributed by atoms with Crippen LogP contribution in [-0.4, -0.2) is 50.1 Å². The average molecular weight is 313 g/mol. The topological polar surface area (TPSA) is 15.7 Å². The molecule has 1 unspecified atom stereocenters. The number of nitrogens with zero attached hydrogens (tertiary/aromatic N) is 2. The van der Waals surface area contributed by atoms with Crippen LogP contribution >= 0.6 is 0 Å². The molecule has 0 saturated carbocycles. The summed E-state index contributed by atoms with van der Waals surface area (Å²) >= 11 is 0. The van der Waals surface area contributed by atoms with Crippen LogP contribution in [0, 0.1) is 0 Å². The summed E-state index contributed by atoms with van der Waals surface area (Å²) in [5.41, 5.74) is 0.306. The standard InChI is InChI=1S/C15H21BF3N2O/c1-11-10-20(16-22-3)8-9-21(11)12(2)13-4-6-14(7-5-13)15(17,18)19/h4-7,11-12H,8-10H2,1-3H3/t11-,12?/m0/s1. The van der Waals surface area contributed by atoms with Gasteiger partial charge in [-0.1, -0.05) is 12.1 Å². The highest BCUT2D eigenvalue weighted by atomic mass is 19.4. The van der Waals surface area contributed by atoms with E-state index >= 15 is 0 Å². The van der Waals surface area contributed by atoms with Crippen molar-refractivity contribution in [3.05, 3.63) is 35.4 Å². The molecule has 0 N–H and O–H groups in total. The molecular weight excluding hydrogens is 292 g/mol. The lowest BCUT2D eigenvalue weighted by atomic mass is 10.00. The van der Waals surface area contributed by atoms with Crippen LogP contribution < -0.4 is 0 Å². The second-order valence-corrected chi connectivity index (χ2v) is 5.72. The van der Waals surface area contributed by atoms with E-state index in [2.05, 4.69) is 16.6 Å². The maximum Gasteiger partial charge on any atom is 0.416 e. The van der Waals surface area contributed by atoms with Crippen LogP contribution in [0.2, 0.25) is 0 Å². The molecule has 1 aliphatic heterocycles. The average Bonchev–Trinajstić information content (AvgIpc) is 2.46. The Labute approximate surface area is 130 Å². The number of rotatable bonds is 4. The minimum Gasteiger partial charge on any atom is -0.427 e. The van der Waals surface area contributed by atoms with E-state index in [-0.39, 0.29) is 6.04 Å². The molecule has 3 nitrogen and oxygen atoms in total. The van der Waals surface area contributed by atoms with Crippen molar-refractivity contribution in [3.63, 3.8) is 0 Å². The Bertz CT molecular complexity index is 481. The minimum absolute atomic E-state index is 0.0852. The Kier molecular flexibility index (Phi) is 5.52. The van der Waals surface area contributed by atoms with E-state index in [1.54, 1.807) is 26.9 Å². The highest BCUT2D eigenvalue weighted by molar-refractivity contribution is 6.23. The third-order valence-corrected chi connectivity index (χ3v) is 4.18. The normalized spacial score (nSPS) is 22.5. The highest BCUT2D eigenvalue weighted by Crippen LogP contribution is 2.31. The van der Waals surface area contributed by atoms with E-state index in [0.29, 0.717) is 6.04 Å². The zero-order chi connectivity index (χ0) is 16.3. The van der Waals surface area contributed by atoms with Gasteiger partial charge in [0, 0.05) is 38.8 Å². The molecular formula is C15H21BF3N2O. The summed E-state index contributed by atoms with van der Waals surface area (Å²) in [6.45, 7) is 6.70. The smallest absolute Gasteiger partial charge is 0.416 e. The SMILES string of the molecule is CO[B]N1CCN(C(C)c2ccc(C(F)(F)F)cc2)[C@@H](C)C1. The molecule has 0 spiro atoms. The molecule has 0 aliphatic carbocycles. The third-order valence-electron chi connectivity index (χ3n) is 4.18. The summed E-state index contributed by atoms with van der Waals surface area (Å²) in [7, 11) is 3.35. The molecule has 1 aromatic rings. The van der Waals surface area contributed by atoms with E-state index in [1.165, 1.54) is 0 Å². The monoisotopic (exact) mass is 313 g/mol. The summed E-state index contributed by atoms with van der Waals surface area (Å²) in [6, 6.07) is 5.86. The lowest BCUT2D eigenvalue weighted by Gasteiger charge is -2.42. The van der Waals surface area contributed by atoms with Crippen molar-refractivity contribution in [1.29, 1.82) is 0 Å². The Morgan fingerprint density at radius 3 is 2.36 bits per heavy atom. The second-order valence-electron chi connectivity index (χ2n) is 5.72. The van der Waals surface area contributed by atoms with Gasteiger partial charge in [-0.25, -0.2) is 0 Å². The van der Waals surface area contributed by atoms with Crippen molar-refractivity contribution in [2.75, 3.05) is 26.7 Å². The van der Waals surface area contributed by atoms with Crippen molar-refractivity contribution >= 4 is 7.62 Å². The lowest BCUT2D eigenvalue weighted by molar-refractivity contribution is -0.137. The number of benzene rings is 1. The number of piperazine rings is 1. The Hall–Kier alpha value is -1.05. The first-order chi connectivity index (χ1) is 10.3. The van der Waals surface area contributed by atoms with E-state index < -0.39 is 11.7 Å². The van der Waals surface area contributed by atoms with Crippen LogP contribution in [0.3, 0.4) is 0 Å². The van der Waals surface area contributed by atoms with Crippen LogP contribution in [-0.2, 0) is 10.8 Å². The fraction of sp³-hybridized carbons (Fsp3) is 0.600. The Morgan fingerprint density at radius 1 is 1.23 bits per heavy atom. The molecule has 7 heteroatoms. The first kappa shape index (κ1) is 17.3. The molecule has 1 aromatic carbocycles. The molecule has 1 fully saturated rings. The molecule has 22 heavy (non-hydrogen) atoms. The van der Waals surface area contributed by atoms with E-state index in [4.69, 9.17) is 4.65 Å². The van der Waals surface area contributed by atoms with Gasteiger partial charge in [-0.15, -0.1) is 0 Å². The van der Waals surface area contributed by atoms with Gasteiger partial charge in [-0.2, -0.15) is 13.2 Å². The first-order valence-electron chi connectivity index (χ1n) is 7.36. The minimum atomic E-state index is -4.28. The van der Waals surface area contributed by atoms with Crippen LogP contribution in [0.4, 0.5) is 13.2 Å². The van der Waals surface area contributed by atoms with Gasteiger partial charge in [0.05, 0.1) is 5.56 Å². The number of halogens is 3. The van der Waals surface area contributed by atoms with Crippen molar-refractivity contribution in [2.24, 2.45) is 0 Å². The van der Waals surface area contributed by atoms with Crippen LogP contribution in [0.1, 0.15) is 31.0 Å². The number of hydrogen-bond donors (Lipinski definition) is 0. The van der Waals surface area contributed by atoms with Gasteiger partial charge in [0.25, 0.3) is 0 Å². The molecule has 2 atom stereocenters. The molecule has 1 aliphatic rings. The second kappa shape index (κ2) is 7.02. The molecule has 0 aromatic heterocycles. The number of alkyl halides is 3. The van der Waals surface area contributed by atoms with Gasteiger partial charge in [0.1, 0.15) is 0 Å². The molecule has 1 radical (unpaired) electrons. The van der Waals surface area contributed by atoms with Crippen LogP contribution in [0.5, 0.6) is 0 Å². The van der Waals surface area contributed by atoms with Crippen LogP contribution in [0.15, 0.2) is 24.3 Å². The quantitative estimate of drug-likeness (QED) is 0.795. The van der Waals surface area contributed by atoms with Crippen molar-refractivity contribution < 1.29 is 17.8 Å². The maximum atomic E-state index is 12.6. The van der Waals surface area contributed by atoms with Gasteiger partial charge in [-0.05, 0) is 31.5 Å². The van der Waals surface area contributed by atoms with E-state index in [9.17, 15) is 13.2 Å². The highest BCUT2D eigenvalue weighted by Gasteiger charge is 2.31. The summed E-state index contributed by atoms with van der Waals surface area (Å²) in [4.78, 5) is 4.42. The summed E-state index contributed by atoms with van der Waals surface area (Å²) in [5, 5.41) is 0. The van der Waals surface area contributed by atoms with E-state index in [1.807, 2.05) is 6.92 Å². The predicted molar refractivity (Wildman–Crippen MR) is 80.4 cm³/mol. The summed E-state index contributed by atoms with van der Waals surface area (Å²) < 4.78 is 42.9. The molecule has 2 rings (SSSR count). The third kappa shape index (κ3) is 4.03. The molecule has 1 saturated heterocycles. The zero-order valence-corrected chi connectivity index (χ0v) is 13.1. The zero-order valence-electron chi connectivity index (χ0n) is 13.1. The van der Waals surface area contributed by atoms with Crippen molar-refractivity contribution in [1.82, 2.24) is 9.71 Å². The number of hydrogen-bond acceptors (Lipinski definition) is 3. The molecule has 0 bridgehead atoms. The first-order valence-corrected chi connectivity index (χ1v) is 7.36. The van der Waals surface area contributed by atoms with Crippen molar-refractivity contribution in [2.45, 2.75) is 32.1 Å². The van der Waals surface area contributed by atoms with Gasteiger partial charge >= 0.3 is 13.8 Å². The fourth-order valence-electron chi connectivity index (χ4n) is 2.96. The molecule has 0 amide bonds. The van der Waals surface area contributed by atoms with Crippen LogP contribution in [0.25, 0.3) is 0 Å². The predicted octanol–water partition coefficient (Wildman–Crippen LogP) is 2.95. The van der Waals surface area contributed by atoms with Gasteiger partial charge in [-0.3, -0.25) is 4.90 Å². The Balaban J connectivity index is 2.04. The summed E-state index contributed by atoms with van der Waals surface area (Å²) in [5.74, 6) is 0.